The van der Waals surface area contributed by atoms with Crippen LogP contribution < -0.4 is 0 Å². The molecule has 1 aromatic rings. The molecule has 0 bridgehead atoms. The van der Waals surface area contributed by atoms with E-state index in [1.807, 2.05) is 25.1 Å². The Labute approximate surface area is 138 Å². The van der Waals surface area contributed by atoms with Crippen LogP contribution in [0.2, 0.25) is 0 Å². The molecule has 23 heavy (non-hydrogen) atoms. The summed E-state index contributed by atoms with van der Waals surface area (Å²) in [4.78, 5) is 0. The van der Waals surface area contributed by atoms with Crippen LogP contribution >= 0.6 is 0 Å². The van der Waals surface area contributed by atoms with E-state index in [9.17, 15) is 10.2 Å². The number of rotatable bonds is 5. The third kappa shape index (κ3) is 3.45. The van der Waals surface area contributed by atoms with Crippen molar-refractivity contribution in [1.82, 2.24) is 0 Å². The number of aliphatic hydroxyl groups is 2. The molecular formula is C19H28O4. The van der Waals surface area contributed by atoms with Crippen molar-refractivity contribution in [2.75, 3.05) is 6.61 Å². The number of ether oxygens (including phenoxy) is 2. The van der Waals surface area contributed by atoms with E-state index in [0.717, 1.165) is 32.1 Å². The summed E-state index contributed by atoms with van der Waals surface area (Å²) in [6.45, 7) is 1.76. The van der Waals surface area contributed by atoms with Gasteiger partial charge in [0.25, 0.3) is 0 Å². The summed E-state index contributed by atoms with van der Waals surface area (Å²) in [7, 11) is 0. The molecule has 2 N–H and O–H groups in total. The highest BCUT2D eigenvalue weighted by atomic mass is 16.8. The first-order chi connectivity index (χ1) is 11.1. The first-order valence-corrected chi connectivity index (χ1v) is 8.79. The first kappa shape index (κ1) is 16.9. The van der Waals surface area contributed by atoms with Crippen molar-refractivity contribution >= 4 is 0 Å². The van der Waals surface area contributed by atoms with Gasteiger partial charge in [-0.15, -0.1) is 0 Å². The van der Waals surface area contributed by atoms with E-state index < -0.39 is 23.6 Å². The highest BCUT2D eigenvalue weighted by Crippen LogP contribution is 2.46. The molecule has 3 atom stereocenters. The van der Waals surface area contributed by atoms with Gasteiger partial charge < -0.3 is 19.7 Å². The van der Waals surface area contributed by atoms with E-state index in [-0.39, 0.29) is 6.61 Å². The molecule has 3 rings (SSSR count). The molecule has 1 aliphatic heterocycles. The molecule has 0 amide bonds. The summed E-state index contributed by atoms with van der Waals surface area (Å²) >= 11 is 0. The molecular weight excluding hydrogens is 292 g/mol. The minimum Gasteiger partial charge on any atom is -0.394 e. The third-order valence-corrected chi connectivity index (χ3v) is 5.39. The Bertz CT molecular complexity index is 497. The monoisotopic (exact) mass is 320 g/mol. The van der Waals surface area contributed by atoms with E-state index in [4.69, 9.17) is 9.47 Å². The summed E-state index contributed by atoms with van der Waals surface area (Å²) in [5.74, 6) is -0.603. The molecule has 1 aromatic carbocycles. The molecule has 0 unspecified atom stereocenters. The maximum absolute atomic E-state index is 10.8. The van der Waals surface area contributed by atoms with Crippen LogP contribution in [0.4, 0.5) is 0 Å². The third-order valence-electron chi connectivity index (χ3n) is 5.39. The summed E-state index contributed by atoms with van der Waals surface area (Å²) in [5.41, 5.74) is 0.350. The topological polar surface area (TPSA) is 58.9 Å². The summed E-state index contributed by atoms with van der Waals surface area (Å²) < 4.78 is 12.4. The molecule has 1 heterocycles. The predicted octanol–water partition coefficient (Wildman–Crippen LogP) is 2.81. The lowest BCUT2D eigenvalue weighted by Crippen LogP contribution is -2.50. The molecule has 2 aliphatic rings. The van der Waals surface area contributed by atoms with Crippen LogP contribution in [0.3, 0.4) is 0 Å². The molecule has 0 radical (unpaired) electrons. The molecule has 2 fully saturated rings. The smallest absolute Gasteiger partial charge is 0.169 e. The van der Waals surface area contributed by atoms with Gasteiger partial charge in [0.2, 0.25) is 0 Å². The van der Waals surface area contributed by atoms with Crippen LogP contribution in [-0.4, -0.2) is 40.4 Å². The van der Waals surface area contributed by atoms with Crippen LogP contribution in [0, 0.1) is 0 Å². The molecule has 1 spiro atoms. The maximum atomic E-state index is 10.8. The van der Waals surface area contributed by atoms with Crippen LogP contribution in [0.1, 0.15) is 51.0 Å². The van der Waals surface area contributed by atoms with E-state index >= 15 is 0 Å². The van der Waals surface area contributed by atoms with Crippen molar-refractivity contribution < 1.29 is 19.7 Å². The van der Waals surface area contributed by atoms with Crippen molar-refractivity contribution in [1.29, 1.82) is 0 Å². The van der Waals surface area contributed by atoms with Gasteiger partial charge in [0.15, 0.2) is 5.79 Å². The highest BCUT2D eigenvalue weighted by Gasteiger charge is 2.57. The van der Waals surface area contributed by atoms with E-state index in [2.05, 4.69) is 12.1 Å². The fraction of sp³-hybridized carbons (Fsp3) is 0.684. The second kappa shape index (κ2) is 6.89. The van der Waals surface area contributed by atoms with Crippen LogP contribution in [0.25, 0.3) is 0 Å². The average Bonchev–Trinajstić information content (AvgIpc) is 2.87. The van der Waals surface area contributed by atoms with Crippen molar-refractivity contribution in [3.63, 3.8) is 0 Å². The van der Waals surface area contributed by atoms with Crippen molar-refractivity contribution in [3.8, 4) is 0 Å². The normalized spacial score (nSPS) is 31.3. The Hall–Kier alpha value is -0.940. The van der Waals surface area contributed by atoms with Crippen LogP contribution in [0.15, 0.2) is 30.3 Å². The Morgan fingerprint density at radius 1 is 1.17 bits per heavy atom. The number of hydrogen-bond acceptors (Lipinski definition) is 4. The molecule has 4 nitrogen and oxygen atoms in total. The molecule has 0 aromatic heterocycles. The molecule has 1 aliphatic carbocycles. The highest BCUT2D eigenvalue weighted by molar-refractivity contribution is 5.15. The van der Waals surface area contributed by atoms with Crippen LogP contribution in [-0.2, 0) is 15.9 Å². The van der Waals surface area contributed by atoms with E-state index in [1.165, 1.54) is 12.0 Å². The van der Waals surface area contributed by atoms with Crippen molar-refractivity contribution in [2.24, 2.45) is 0 Å². The number of aliphatic hydroxyl groups excluding tert-OH is 2. The Balaban J connectivity index is 1.68. The average molecular weight is 320 g/mol. The van der Waals surface area contributed by atoms with Gasteiger partial charge in [-0.2, -0.15) is 0 Å². The zero-order chi connectivity index (χ0) is 16.3. The molecule has 1 saturated carbocycles. The zero-order valence-corrected chi connectivity index (χ0v) is 13.9. The Morgan fingerprint density at radius 2 is 1.87 bits per heavy atom. The van der Waals surface area contributed by atoms with Crippen molar-refractivity contribution in [2.45, 2.75) is 75.5 Å². The quantitative estimate of drug-likeness (QED) is 0.876. The van der Waals surface area contributed by atoms with Crippen LogP contribution in [0.5, 0.6) is 0 Å². The van der Waals surface area contributed by atoms with Gasteiger partial charge in [0.05, 0.1) is 12.7 Å². The van der Waals surface area contributed by atoms with Gasteiger partial charge in [0, 0.05) is 12.8 Å². The fourth-order valence-electron chi connectivity index (χ4n) is 3.91. The Kier molecular flexibility index (Phi) is 5.07. The minimum atomic E-state index is -0.846. The fourth-order valence-corrected chi connectivity index (χ4v) is 3.91. The summed E-state index contributed by atoms with van der Waals surface area (Å²) in [6, 6.07) is 10.1. The summed E-state index contributed by atoms with van der Waals surface area (Å²) in [6.07, 6.45) is 5.30. The number of hydrogen-bond donors (Lipinski definition) is 2. The standard InChI is InChI=1S/C19H28O4/c1-18(16(21)11-10-15-8-4-2-5-9-15)17(14-20)22-19(23-18)12-6-3-7-13-19/h2,4-5,8-9,16-17,20-21H,3,6-7,10-14H2,1H3/t16-,17-,18+/m0/s1. The molecule has 4 heteroatoms. The lowest BCUT2D eigenvalue weighted by molar-refractivity contribution is -0.218. The van der Waals surface area contributed by atoms with Gasteiger partial charge >= 0.3 is 0 Å². The number of benzene rings is 1. The van der Waals surface area contributed by atoms with Crippen molar-refractivity contribution in [3.05, 3.63) is 35.9 Å². The largest absolute Gasteiger partial charge is 0.394 e. The first-order valence-electron chi connectivity index (χ1n) is 8.79. The van der Waals surface area contributed by atoms with Gasteiger partial charge in [-0.3, -0.25) is 0 Å². The lowest BCUT2D eigenvalue weighted by Gasteiger charge is -2.36. The van der Waals surface area contributed by atoms with E-state index in [1.54, 1.807) is 0 Å². The minimum absolute atomic E-state index is 0.124. The van der Waals surface area contributed by atoms with E-state index in [0.29, 0.717) is 6.42 Å². The second-order valence-corrected chi connectivity index (χ2v) is 7.09. The Morgan fingerprint density at radius 3 is 2.52 bits per heavy atom. The molecule has 1 saturated heterocycles. The SMILES string of the molecule is C[C@]1([C@@H](O)CCc2ccccc2)OC2(CCCCC2)O[C@H]1CO. The maximum Gasteiger partial charge on any atom is 0.169 e. The number of aryl methyl sites for hydroxylation is 1. The van der Waals surface area contributed by atoms with Gasteiger partial charge in [0.1, 0.15) is 11.7 Å². The second-order valence-electron chi connectivity index (χ2n) is 7.09. The van der Waals surface area contributed by atoms with Gasteiger partial charge in [-0.1, -0.05) is 36.8 Å². The molecule has 128 valence electrons. The zero-order valence-electron chi connectivity index (χ0n) is 13.9. The predicted molar refractivity (Wildman–Crippen MR) is 88.0 cm³/mol. The van der Waals surface area contributed by atoms with Gasteiger partial charge in [-0.25, -0.2) is 0 Å². The summed E-state index contributed by atoms with van der Waals surface area (Å²) in [5, 5.41) is 20.5. The van der Waals surface area contributed by atoms with Gasteiger partial charge in [-0.05, 0) is 38.2 Å². The lowest BCUT2D eigenvalue weighted by atomic mass is 9.88.